The van der Waals surface area contributed by atoms with E-state index in [1.54, 1.807) is 45.9 Å². The third-order valence-corrected chi connectivity index (χ3v) is 5.39. The Kier molecular flexibility index (Phi) is 11.7. The van der Waals surface area contributed by atoms with Crippen LogP contribution in [0.4, 0.5) is 4.79 Å². The minimum Gasteiger partial charge on any atom is -0.507 e. The molecule has 0 heterocycles. The molecule has 3 atom stereocenters. The number of rotatable bonds is 11. The summed E-state index contributed by atoms with van der Waals surface area (Å²) in [5.41, 5.74) is -0.0197. The van der Waals surface area contributed by atoms with Crippen LogP contribution in [-0.2, 0) is 14.3 Å². The molecule has 4 N–H and O–H groups in total. The van der Waals surface area contributed by atoms with Gasteiger partial charge in [0.1, 0.15) is 23.4 Å². The molecular weight excluding hydrogens is 458 g/mol. The second kappa shape index (κ2) is 13.4. The van der Waals surface area contributed by atoms with Crippen molar-refractivity contribution in [2.45, 2.75) is 78.1 Å². The Morgan fingerprint density at radius 1 is 1.21 bits per heavy atom. The fraction of sp³-hybridized carbons (Fsp3) is 0.625. The second-order valence-electron chi connectivity index (χ2n) is 9.25. The van der Waals surface area contributed by atoms with Gasteiger partial charge in [-0.3, -0.25) is 9.59 Å². The molecule has 0 bridgehead atoms. The average molecular weight is 498 g/mol. The third-order valence-electron chi connectivity index (χ3n) is 5.03. The molecule has 0 saturated heterocycles. The summed E-state index contributed by atoms with van der Waals surface area (Å²) < 4.78 is 5.24. The van der Waals surface area contributed by atoms with Crippen molar-refractivity contribution < 1.29 is 29.3 Å². The van der Waals surface area contributed by atoms with E-state index in [0.29, 0.717) is 5.56 Å². The van der Waals surface area contributed by atoms with Crippen molar-refractivity contribution in [2.24, 2.45) is 0 Å². The second-order valence-corrected chi connectivity index (χ2v) is 9.62. The number of aryl methyl sites for hydroxylation is 1. The number of thiol groups is 1. The molecule has 0 saturated carbocycles. The minimum atomic E-state index is -1.23. The predicted molar refractivity (Wildman–Crippen MR) is 134 cm³/mol. The van der Waals surface area contributed by atoms with Gasteiger partial charge in [0.15, 0.2) is 0 Å². The van der Waals surface area contributed by atoms with Gasteiger partial charge in [0, 0.05) is 23.9 Å². The smallest absolute Gasteiger partial charge is 0.408 e. The number of aliphatic hydroxyl groups is 1. The molecule has 1 rings (SSSR count). The van der Waals surface area contributed by atoms with Gasteiger partial charge < -0.3 is 30.5 Å². The summed E-state index contributed by atoms with van der Waals surface area (Å²) >= 11 is 4.20. The molecule has 0 radical (unpaired) electrons. The Bertz CT molecular complexity index is 842. The first-order valence-electron chi connectivity index (χ1n) is 11.5. The molecular formula is C24H39N3O6S. The van der Waals surface area contributed by atoms with Gasteiger partial charge in [0.2, 0.25) is 11.8 Å². The van der Waals surface area contributed by atoms with E-state index < -0.39 is 42.2 Å². The highest BCUT2D eigenvalue weighted by Crippen LogP contribution is 2.32. The van der Waals surface area contributed by atoms with E-state index in [4.69, 9.17) is 4.74 Å². The van der Waals surface area contributed by atoms with E-state index in [0.717, 1.165) is 17.7 Å². The molecule has 0 spiro atoms. The maximum absolute atomic E-state index is 13.5. The maximum Gasteiger partial charge on any atom is 0.408 e. The number of alkyl carbamates (subject to hydrolysis) is 1. The molecule has 1 aromatic rings. The van der Waals surface area contributed by atoms with Crippen LogP contribution in [0, 0.1) is 6.92 Å². The van der Waals surface area contributed by atoms with E-state index in [-0.39, 0.29) is 29.7 Å². The molecule has 0 aliphatic carbocycles. The number of amides is 3. The predicted octanol–water partition coefficient (Wildman–Crippen LogP) is 2.69. The van der Waals surface area contributed by atoms with E-state index in [2.05, 4.69) is 23.3 Å². The molecule has 0 fully saturated rings. The number of phenols is 1. The molecule has 9 nitrogen and oxygen atoms in total. The highest BCUT2D eigenvalue weighted by atomic mass is 32.1. The topological polar surface area (TPSA) is 128 Å². The molecule has 3 unspecified atom stereocenters. The molecule has 0 aliphatic heterocycles. The minimum absolute atomic E-state index is 0.0691. The summed E-state index contributed by atoms with van der Waals surface area (Å²) in [5, 5.41) is 25.8. The van der Waals surface area contributed by atoms with Gasteiger partial charge in [0.25, 0.3) is 0 Å². The fourth-order valence-electron chi connectivity index (χ4n) is 3.49. The highest BCUT2D eigenvalue weighted by Gasteiger charge is 2.37. The molecule has 192 valence electrons. The lowest BCUT2D eigenvalue weighted by molar-refractivity contribution is -0.143. The van der Waals surface area contributed by atoms with Crippen LogP contribution in [0.5, 0.6) is 5.75 Å². The number of aromatic hydroxyl groups is 1. The van der Waals surface area contributed by atoms with Gasteiger partial charge in [-0.1, -0.05) is 31.5 Å². The first-order valence-corrected chi connectivity index (χ1v) is 12.1. The maximum atomic E-state index is 13.5. The molecule has 0 aliphatic rings. The largest absolute Gasteiger partial charge is 0.507 e. The summed E-state index contributed by atoms with van der Waals surface area (Å²) in [4.78, 5) is 40.4. The summed E-state index contributed by atoms with van der Waals surface area (Å²) in [6.07, 6.45) is 0.772. The fourth-order valence-corrected chi connectivity index (χ4v) is 3.74. The number of carbonyl (C=O) groups excluding carboxylic acids is 3. The third kappa shape index (κ3) is 8.72. The van der Waals surface area contributed by atoms with E-state index in [9.17, 15) is 24.6 Å². The van der Waals surface area contributed by atoms with Crippen LogP contribution >= 0.6 is 12.6 Å². The van der Waals surface area contributed by atoms with Crippen LogP contribution in [0.1, 0.15) is 64.6 Å². The number of aliphatic hydroxyl groups excluding tert-OH is 1. The summed E-state index contributed by atoms with van der Waals surface area (Å²) in [5.74, 6) is -1.33. The van der Waals surface area contributed by atoms with Crippen molar-refractivity contribution in [3.05, 3.63) is 29.3 Å². The average Bonchev–Trinajstić information content (AvgIpc) is 2.72. The summed E-state index contributed by atoms with van der Waals surface area (Å²) in [6, 6.07) is 2.40. The Morgan fingerprint density at radius 3 is 2.38 bits per heavy atom. The Morgan fingerprint density at radius 2 is 1.85 bits per heavy atom. The number of ether oxygens (including phenoxy) is 1. The van der Waals surface area contributed by atoms with Crippen LogP contribution in [0.25, 0.3) is 0 Å². The van der Waals surface area contributed by atoms with Crippen molar-refractivity contribution in [1.29, 1.82) is 0 Å². The summed E-state index contributed by atoms with van der Waals surface area (Å²) in [7, 11) is 0. The van der Waals surface area contributed by atoms with E-state index in [1.807, 2.05) is 13.8 Å². The van der Waals surface area contributed by atoms with Crippen molar-refractivity contribution in [3.63, 3.8) is 0 Å². The Hall–Kier alpha value is -2.46. The standard InChI is InChI=1S/C24H39N3O6S/c1-7-9-16(3)25-21(30)19(17-11-8-10-15(2)20(17)29)27(12-13-28)22(31)18(14-34)26-23(32)33-24(4,5)6/h8,10-11,16,18-19,28-29,34H,7,9,12-14H2,1-6H3,(H,25,30)(H,26,32). The molecule has 1 aromatic carbocycles. The lowest BCUT2D eigenvalue weighted by Gasteiger charge is -2.34. The van der Waals surface area contributed by atoms with Gasteiger partial charge in [-0.25, -0.2) is 4.79 Å². The quantitative estimate of drug-likeness (QED) is 0.299. The van der Waals surface area contributed by atoms with Crippen LogP contribution in [-0.4, -0.2) is 69.6 Å². The van der Waals surface area contributed by atoms with Gasteiger partial charge in [-0.2, -0.15) is 12.6 Å². The lowest BCUT2D eigenvalue weighted by atomic mass is 9.99. The van der Waals surface area contributed by atoms with Crippen LogP contribution in [0.15, 0.2) is 18.2 Å². The van der Waals surface area contributed by atoms with Crippen molar-refractivity contribution in [3.8, 4) is 5.75 Å². The Labute approximate surface area is 207 Å². The highest BCUT2D eigenvalue weighted by molar-refractivity contribution is 7.80. The Balaban J connectivity index is 3.41. The monoisotopic (exact) mass is 497 g/mol. The first-order chi connectivity index (χ1) is 15.9. The number of nitrogens with zero attached hydrogens (tertiary/aromatic N) is 1. The number of para-hydroxylation sites is 1. The number of benzene rings is 1. The van der Waals surface area contributed by atoms with Crippen molar-refractivity contribution in [2.75, 3.05) is 18.9 Å². The number of hydrogen-bond donors (Lipinski definition) is 5. The molecule has 0 aromatic heterocycles. The van der Waals surface area contributed by atoms with Crippen LogP contribution in [0.2, 0.25) is 0 Å². The number of phenolic OH excluding ortho intramolecular Hbond substituents is 1. The normalized spacial score (nSPS) is 14.0. The number of hydrogen-bond acceptors (Lipinski definition) is 7. The zero-order valence-electron chi connectivity index (χ0n) is 20.9. The molecule has 10 heteroatoms. The van der Waals surface area contributed by atoms with Gasteiger partial charge in [-0.15, -0.1) is 0 Å². The van der Waals surface area contributed by atoms with Gasteiger partial charge in [0.05, 0.1) is 6.61 Å². The lowest BCUT2D eigenvalue weighted by Crippen LogP contribution is -2.55. The zero-order chi connectivity index (χ0) is 26.1. The SMILES string of the molecule is CCCC(C)NC(=O)C(c1cccc(C)c1O)N(CCO)C(=O)C(CS)NC(=O)OC(C)(C)C. The van der Waals surface area contributed by atoms with Crippen LogP contribution in [0.3, 0.4) is 0 Å². The van der Waals surface area contributed by atoms with Crippen molar-refractivity contribution in [1.82, 2.24) is 15.5 Å². The summed E-state index contributed by atoms with van der Waals surface area (Å²) in [6.45, 7) is 9.99. The first kappa shape index (κ1) is 29.6. The van der Waals surface area contributed by atoms with Gasteiger partial charge in [-0.05, 0) is 46.6 Å². The number of carbonyl (C=O) groups is 3. The molecule has 3 amide bonds. The van der Waals surface area contributed by atoms with E-state index >= 15 is 0 Å². The van der Waals surface area contributed by atoms with Crippen molar-refractivity contribution >= 4 is 30.5 Å². The zero-order valence-corrected chi connectivity index (χ0v) is 21.8. The van der Waals surface area contributed by atoms with E-state index in [1.165, 1.54) is 0 Å². The van der Waals surface area contributed by atoms with Crippen LogP contribution < -0.4 is 10.6 Å². The molecule has 34 heavy (non-hydrogen) atoms. The van der Waals surface area contributed by atoms with Gasteiger partial charge >= 0.3 is 6.09 Å². The number of nitrogens with one attached hydrogen (secondary N) is 2.